The lowest BCUT2D eigenvalue weighted by Crippen LogP contribution is -2.39. The maximum Gasteiger partial charge on any atom is 0.243 e. The van der Waals surface area contributed by atoms with E-state index in [1.807, 2.05) is 0 Å². The van der Waals surface area contributed by atoms with Crippen molar-refractivity contribution < 1.29 is 8.42 Å². The molecule has 1 aliphatic heterocycles. The Kier molecular flexibility index (Phi) is 4.23. The van der Waals surface area contributed by atoms with Crippen LogP contribution in [0.25, 0.3) is 0 Å². The number of nitrogens with zero attached hydrogens (tertiary/aromatic N) is 1. The molecule has 1 aromatic carbocycles. The van der Waals surface area contributed by atoms with Gasteiger partial charge in [-0.15, -0.1) is 0 Å². The van der Waals surface area contributed by atoms with Crippen molar-refractivity contribution in [3.8, 4) is 0 Å². The number of hydrogen-bond acceptors (Lipinski definition) is 3. The summed E-state index contributed by atoms with van der Waals surface area (Å²) in [7, 11) is -3.45. The number of hydrogen-bond donors (Lipinski definition) is 1. The fraction of sp³-hybridized carbons (Fsp3) is 0.538. The Labute approximate surface area is 123 Å². The number of sulfonamides is 1. The first-order valence-electron chi connectivity index (χ1n) is 6.38. The zero-order valence-electron chi connectivity index (χ0n) is 11.2. The molecule has 0 aromatic heterocycles. The fourth-order valence-electron chi connectivity index (χ4n) is 2.45. The molecule has 1 saturated heterocycles. The van der Waals surface area contributed by atoms with E-state index in [1.54, 1.807) is 23.4 Å². The van der Waals surface area contributed by atoms with E-state index in [0.29, 0.717) is 39.6 Å². The highest BCUT2D eigenvalue weighted by Crippen LogP contribution is 2.30. The molecule has 1 atom stereocenters. The van der Waals surface area contributed by atoms with Crippen molar-refractivity contribution in [1.82, 2.24) is 4.31 Å². The summed E-state index contributed by atoms with van der Waals surface area (Å²) in [6.45, 7) is 5.03. The van der Waals surface area contributed by atoms with Gasteiger partial charge in [0.15, 0.2) is 0 Å². The van der Waals surface area contributed by atoms with Crippen LogP contribution in [-0.2, 0) is 10.0 Å². The second kappa shape index (κ2) is 5.42. The third-order valence-corrected chi connectivity index (χ3v) is 6.05. The van der Waals surface area contributed by atoms with E-state index in [2.05, 4.69) is 22.9 Å². The topological polar surface area (TPSA) is 63.4 Å². The second-order valence-electron chi connectivity index (χ2n) is 5.23. The van der Waals surface area contributed by atoms with Gasteiger partial charge >= 0.3 is 0 Å². The molecule has 1 aromatic rings. The van der Waals surface area contributed by atoms with Crippen LogP contribution in [0.4, 0.5) is 5.69 Å². The van der Waals surface area contributed by atoms with Gasteiger partial charge in [0, 0.05) is 23.2 Å². The smallest absolute Gasteiger partial charge is 0.243 e. The first-order valence-corrected chi connectivity index (χ1v) is 8.61. The Morgan fingerprint density at radius 2 is 2.11 bits per heavy atom. The van der Waals surface area contributed by atoms with Crippen LogP contribution in [0.2, 0.25) is 0 Å². The quantitative estimate of drug-likeness (QED) is 0.837. The molecule has 0 amide bonds. The lowest BCUT2D eigenvalue weighted by atomic mass is 10.0. The van der Waals surface area contributed by atoms with Gasteiger partial charge < -0.3 is 5.73 Å². The summed E-state index contributed by atoms with van der Waals surface area (Å²) in [6, 6.07) is 3.37. The van der Waals surface area contributed by atoms with Gasteiger partial charge in [-0.1, -0.05) is 22.9 Å². The van der Waals surface area contributed by atoms with Crippen molar-refractivity contribution in [1.29, 1.82) is 0 Å². The van der Waals surface area contributed by atoms with Gasteiger partial charge in [0.2, 0.25) is 10.0 Å². The number of nitrogen functional groups attached to an aromatic ring is 1. The van der Waals surface area contributed by atoms with Crippen molar-refractivity contribution in [2.75, 3.05) is 18.8 Å². The van der Waals surface area contributed by atoms with E-state index < -0.39 is 10.0 Å². The van der Waals surface area contributed by atoms with Gasteiger partial charge in [0.25, 0.3) is 0 Å². The molecule has 6 heteroatoms. The molecule has 0 spiro atoms. The number of halogens is 1. The predicted octanol–water partition coefficient (Wildman–Crippen LogP) is 2.76. The van der Waals surface area contributed by atoms with E-state index in [-0.39, 0.29) is 0 Å². The van der Waals surface area contributed by atoms with Gasteiger partial charge in [-0.2, -0.15) is 4.31 Å². The van der Waals surface area contributed by atoms with Gasteiger partial charge in [0.05, 0.1) is 4.90 Å². The Morgan fingerprint density at radius 3 is 2.74 bits per heavy atom. The molecule has 1 fully saturated rings. The Balaban J connectivity index is 2.45. The summed E-state index contributed by atoms with van der Waals surface area (Å²) in [4.78, 5) is 0.313. The molecule has 1 heterocycles. The molecule has 1 aliphatic rings. The first-order chi connectivity index (χ1) is 8.82. The van der Waals surface area contributed by atoms with Crippen LogP contribution in [0, 0.1) is 12.8 Å². The summed E-state index contributed by atoms with van der Waals surface area (Å²) in [5.74, 6) is 0.410. The largest absolute Gasteiger partial charge is 0.398 e. The van der Waals surface area contributed by atoms with Crippen molar-refractivity contribution in [2.24, 2.45) is 5.92 Å². The number of nitrogens with two attached hydrogens (primary N) is 1. The minimum absolute atomic E-state index is 0.313. The number of rotatable bonds is 2. The van der Waals surface area contributed by atoms with Gasteiger partial charge in [0.1, 0.15) is 0 Å². The van der Waals surface area contributed by atoms with Gasteiger partial charge in [-0.25, -0.2) is 8.42 Å². The summed E-state index contributed by atoms with van der Waals surface area (Å²) in [5, 5.41) is 0. The minimum Gasteiger partial charge on any atom is -0.398 e. The van der Waals surface area contributed by atoms with Crippen molar-refractivity contribution >= 4 is 31.6 Å². The van der Waals surface area contributed by atoms with Crippen LogP contribution in [-0.4, -0.2) is 25.8 Å². The predicted molar refractivity (Wildman–Crippen MR) is 80.4 cm³/mol. The number of benzene rings is 1. The monoisotopic (exact) mass is 346 g/mol. The lowest BCUT2D eigenvalue weighted by molar-refractivity contribution is 0.281. The summed E-state index contributed by atoms with van der Waals surface area (Å²) >= 11 is 3.31. The summed E-state index contributed by atoms with van der Waals surface area (Å²) in [5.41, 5.74) is 6.99. The normalized spacial score (nSPS) is 21.5. The Morgan fingerprint density at radius 1 is 1.42 bits per heavy atom. The van der Waals surface area contributed by atoms with E-state index in [9.17, 15) is 8.42 Å². The van der Waals surface area contributed by atoms with Crippen LogP contribution >= 0.6 is 15.9 Å². The lowest BCUT2D eigenvalue weighted by Gasteiger charge is -2.30. The molecule has 2 rings (SSSR count). The molecule has 0 bridgehead atoms. The van der Waals surface area contributed by atoms with Crippen LogP contribution < -0.4 is 5.73 Å². The highest BCUT2D eigenvalue weighted by Gasteiger charge is 2.30. The zero-order chi connectivity index (χ0) is 14.2. The molecule has 4 nitrogen and oxygen atoms in total. The molecular formula is C13H19BrN2O2S. The molecule has 0 saturated carbocycles. The van der Waals surface area contributed by atoms with Crippen molar-refractivity contribution in [2.45, 2.75) is 31.6 Å². The molecule has 0 radical (unpaired) electrons. The van der Waals surface area contributed by atoms with Crippen molar-refractivity contribution in [3.63, 3.8) is 0 Å². The van der Waals surface area contributed by atoms with Crippen LogP contribution in [0.3, 0.4) is 0 Å². The molecular weight excluding hydrogens is 328 g/mol. The SMILES string of the molecule is Cc1c(N)cc(Br)cc1S(=O)(=O)N1CCCC(C)C1. The van der Waals surface area contributed by atoms with E-state index >= 15 is 0 Å². The average molecular weight is 347 g/mol. The number of anilines is 1. The second-order valence-corrected chi connectivity index (χ2v) is 8.05. The third kappa shape index (κ3) is 2.95. The van der Waals surface area contributed by atoms with Gasteiger partial charge in [-0.3, -0.25) is 0 Å². The number of piperidine rings is 1. The standard InChI is InChI=1S/C13H19BrN2O2S/c1-9-4-3-5-16(8-9)19(17,18)13-7-11(14)6-12(15)10(13)2/h6-7,9H,3-5,8,15H2,1-2H3. The highest BCUT2D eigenvalue weighted by molar-refractivity contribution is 9.10. The van der Waals surface area contributed by atoms with Crippen molar-refractivity contribution in [3.05, 3.63) is 22.2 Å². The molecule has 2 N–H and O–H groups in total. The maximum atomic E-state index is 12.7. The Bertz CT molecular complexity index is 587. The maximum absolute atomic E-state index is 12.7. The Hall–Kier alpha value is -0.590. The third-order valence-electron chi connectivity index (χ3n) is 3.60. The first kappa shape index (κ1) is 14.8. The van der Waals surface area contributed by atoms with Crippen LogP contribution in [0.5, 0.6) is 0 Å². The van der Waals surface area contributed by atoms with Gasteiger partial charge in [-0.05, 0) is 43.4 Å². The minimum atomic E-state index is -3.45. The van der Waals surface area contributed by atoms with E-state index in [0.717, 1.165) is 12.8 Å². The average Bonchev–Trinajstić information content (AvgIpc) is 2.33. The van der Waals surface area contributed by atoms with Crippen LogP contribution in [0.15, 0.2) is 21.5 Å². The molecule has 106 valence electrons. The fourth-order valence-corrected chi connectivity index (χ4v) is 4.95. The van der Waals surface area contributed by atoms with E-state index in [1.165, 1.54) is 0 Å². The summed E-state index contributed by atoms with van der Waals surface area (Å²) < 4.78 is 27.7. The van der Waals surface area contributed by atoms with Crippen LogP contribution in [0.1, 0.15) is 25.3 Å². The molecule has 19 heavy (non-hydrogen) atoms. The van der Waals surface area contributed by atoms with E-state index in [4.69, 9.17) is 5.73 Å². The zero-order valence-corrected chi connectivity index (χ0v) is 13.6. The molecule has 0 aliphatic carbocycles. The highest BCUT2D eigenvalue weighted by atomic mass is 79.9. The summed E-state index contributed by atoms with van der Waals surface area (Å²) in [6.07, 6.45) is 2.01. The molecule has 1 unspecified atom stereocenters.